The molecule has 0 aliphatic rings. The van der Waals surface area contributed by atoms with Crippen molar-refractivity contribution in [1.82, 2.24) is 4.90 Å². The number of amides is 2. The molecule has 0 saturated carbocycles. The van der Waals surface area contributed by atoms with Gasteiger partial charge in [-0.05, 0) is 37.2 Å². The molecule has 0 fully saturated rings. The van der Waals surface area contributed by atoms with Crippen LogP contribution in [-0.4, -0.2) is 43.3 Å². The fourth-order valence-corrected chi connectivity index (χ4v) is 2.11. The first-order valence-corrected chi connectivity index (χ1v) is 8.17. The first kappa shape index (κ1) is 19.3. The number of nitriles is 1. The number of nitrogens with two attached hydrogens (primary N) is 1. The average Bonchev–Trinajstić information content (AvgIpc) is 2.54. The van der Waals surface area contributed by atoms with Gasteiger partial charge in [0.2, 0.25) is 6.41 Å². The molecule has 9 nitrogen and oxygen atoms in total. The Morgan fingerprint density at radius 1 is 1.38 bits per heavy atom. The lowest BCUT2D eigenvalue weighted by atomic mass is 10.2. The third-order valence-corrected chi connectivity index (χ3v) is 3.69. The summed E-state index contributed by atoms with van der Waals surface area (Å²) in [5.41, 5.74) is 5.24. The van der Waals surface area contributed by atoms with Gasteiger partial charge in [-0.15, -0.1) is 0 Å². The zero-order valence-electron chi connectivity index (χ0n) is 12.5. The van der Waals surface area contributed by atoms with Crippen LogP contribution in [0.3, 0.4) is 0 Å². The molecular weight excluding hydrogens is 336 g/mol. The molecular formula is C14H16N4O5S. The second-order valence-electron chi connectivity index (χ2n) is 4.59. The quantitative estimate of drug-likeness (QED) is 0.259. The molecule has 0 heterocycles. The van der Waals surface area contributed by atoms with Crippen LogP contribution in [0.15, 0.2) is 40.9 Å². The maximum absolute atomic E-state index is 12.0. The molecule has 128 valence electrons. The van der Waals surface area contributed by atoms with Gasteiger partial charge in [0, 0.05) is 18.4 Å². The molecule has 0 bridgehead atoms. The highest BCUT2D eigenvalue weighted by Gasteiger charge is 2.13. The van der Waals surface area contributed by atoms with Gasteiger partial charge >= 0.3 is 0 Å². The SMILES string of the molecule is N#C/C(=C/N(C=O)CCCN)C(=O)Nc1ccc(S(=O)(=O)O)cc1. The highest BCUT2D eigenvalue weighted by molar-refractivity contribution is 7.85. The van der Waals surface area contributed by atoms with Crippen molar-refractivity contribution in [2.24, 2.45) is 5.73 Å². The maximum Gasteiger partial charge on any atom is 0.294 e. The van der Waals surface area contributed by atoms with Crippen LogP contribution in [0, 0.1) is 11.3 Å². The number of hydrogen-bond donors (Lipinski definition) is 3. The fraction of sp³-hybridized carbons (Fsp3) is 0.214. The number of nitrogens with one attached hydrogen (secondary N) is 1. The third kappa shape index (κ3) is 5.81. The summed E-state index contributed by atoms with van der Waals surface area (Å²) in [6.45, 7) is 0.619. The summed E-state index contributed by atoms with van der Waals surface area (Å²) < 4.78 is 30.7. The van der Waals surface area contributed by atoms with Crippen molar-refractivity contribution < 1.29 is 22.6 Å². The normalized spacial score (nSPS) is 11.5. The van der Waals surface area contributed by atoms with Crippen molar-refractivity contribution in [3.63, 3.8) is 0 Å². The number of anilines is 1. The number of rotatable bonds is 8. The molecule has 0 aromatic heterocycles. The smallest absolute Gasteiger partial charge is 0.294 e. The second kappa shape index (κ2) is 8.78. The minimum absolute atomic E-state index is 0.216. The van der Waals surface area contributed by atoms with E-state index in [-0.39, 0.29) is 22.7 Å². The first-order chi connectivity index (χ1) is 11.3. The van der Waals surface area contributed by atoms with Crippen molar-refractivity contribution in [3.05, 3.63) is 36.0 Å². The van der Waals surface area contributed by atoms with Crippen LogP contribution in [0.1, 0.15) is 6.42 Å². The number of hydrogen-bond acceptors (Lipinski definition) is 6. The number of benzene rings is 1. The molecule has 2 amide bonds. The van der Waals surface area contributed by atoms with Crippen molar-refractivity contribution in [3.8, 4) is 6.07 Å². The predicted molar refractivity (Wildman–Crippen MR) is 85.0 cm³/mol. The van der Waals surface area contributed by atoms with Gasteiger partial charge < -0.3 is 16.0 Å². The van der Waals surface area contributed by atoms with E-state index in [2.05, 4.69) is 5.32 Å². The van der Waals surface area contributed by atoms with E-state index in [1.165, 1.54) is 12.1 Å². The highest BCUT2D eigenvalue weighted by Crippen LogP contribution is 2.14. The summed E-state index contributed by atoms with van der Waals surface area (Å²) in [6.07, 6.45) is 2.08. The molecule has 0 atom stereocenters. The Morgan fingerprint density at radius 3 is 2.46 bits per heavy atom. The third-order valence-electron chi connectivity index (χ3n) is 2.83. The fourth-order valence-electron chi connectivity index (χ4n) is 1.63. The van der Waals surface area contributed by atoms with Crippen LogP contribution in [0.25, 0.3) is 0 Å². The van der Waals surface area contributed by atoms with Gasteiger partial charge in [0.05, 0.1) is 4.90 Å². The Labute approximate surface area is 139 Å². The molecule has 0 radical (unpaired) electrons. The molecule has 10 heteroatoms. The summed E-state index contributed by atoms with van der Waals surface area (Å²) in [7, 11) is -4.33. The standard InChI is InChI=1S/C14H16N4O5S/c15-6-1-7-18(10-19)9-11(8-16)14(20)17-12-2-4-13(5-3-12)24(21,22)23/h2-5,9-10H,1,6-7,15H2,(H,17,20)(H,21,22,23)/b11-9-. The molecule has 0 spiro atoms. The lowest BCUT2D eigenvalue weighted by Crippen LogP contribution is -2.22. The minimum Gasteiger partial charge on any atom is -0.330 e. The van der Waals surface area contributed by atoms with E-state index in [4.69, 9.17) is 15.5 Å². The number of nitrogens with zero attached hydrogens (tertiary/aromatic N) is 2. The molecule has 0 unspecified atom stereocenters. The minimum atomic E-state index is -4.33. The van der Waals surface area contributed by atoms with Gasteiger partial charge in [0.1, 0.15) is 11.6 Å². The van der Waals surface area contributed by atoms with E-state index >= 15 is 0 Å². The van der Waals surface area contributed by atoms with Crippen LogP contribution in [0.2, 0.25) is 0 Å². The summed E-state index contributed by atoms with van der Waals surface area (Å²) in [5, 5.41) is 11.4. The lowest BCUT2D eigenvalue weighted by Gasteiger charge is -2.12. The van der Waals surface area contributed by atoms with Crippen LogP contribution in [0.4, 0.5) is 5.69 Å². The Hall–Kier alpha value is -2.74. The summed E-state index contributed by atoms with van der Waals surface area (Å²) in [6, 6.07) is 6.38. The van der Waals surface area contributed by atoms with E-state index in [0.29, 0.717) is 19.4 Å². The largest absolute Gasteiger partial charge is 0.330 e. The summed E-state index contributed by atoms with van der Waals surface area (Å²) in [5.74, 6) is -0.767. The van der Waals surface area contributed by atoms with Crippen LogP contribution >= 0.6 is 0 Å². The molecule has 0 saturated heterocycles. The van der Waals surface area contributed by atoms with Crippen molar-refractivity contribution in [1.29, 1.82) is 5.26 Å². The van der Waals surface area contributed by atoms with E-state index in [0.717, 1.165) is 23.2 Å². The number of carbonyl (C=O) groups excluding carboxylic acids is 2. The van der Waals surface area contributed by atoms with E-state index < -0.39 is 16.0 Å². The lowest BCUT2D eigenvalue weighted by molar-refractivity contribution is -0.116. The number of carbonyl (C=O) groups is 2. The Kier molecular flexibility index (Phi) is 7.06. The first-order valence-electron chi connectivity index (χ1n) is 6.73. The van der Waals surface area contributed by atoms with Crippen molar-refractivity contribution >= 4 is 28.1 Å². The monoisotopic (exact) mass is 352 g/mol. The zero-order valence-corrected chi connectivity index (χ0v) is 13.4. The average molecular weight is 352 g/mol. The van der Waals surface area contributed by atoms with E-state index in [9.17, 15) is 18.0 Å². The summed E-state index contributed by atoms with van der Waals surface area (Å²) in [4.78, 5) is 23.7. The van der Waals surface area contributed by atoms with Crippen LogP contribution < -0.4 is 11.1 Å². The molecule has 1 aromatic rings. The zero-order chi connectivity index (χ0) is 18.2. The Balaban J connectivity index is 2.87. The van der Waals surface area contributed by atoms with Gasteiger partial charge in [-0.3, -0.25) is 14.1 Å². The van der Waals surface area contributed by atoms with E-state index in [1.807, 2.05) is 0 Å². The maximum atomic E-state index is 12.0. The van der Waals surface area contributed by atoms with Gasteiger partial charge in [0.25, 0.3) is 16.0 Å². The topological polar surface area (TPSA) is 154 Å². The molecule has 24 heavy (non-hydrogen) atoms. The predicted octanol–water partition coefficient (Wildman–Crippen LogP) is 0.0865. The van der Waals surface area contributed by atoms with Crippen molar-refractivity contribution in [2.75, 3.05) is 18.4 Å². The molecule has 0 aliphatic carbocycles. The molecule has 0 aliphatic heterocycles. The second-order valence-corrected chi connectivity index (χ2v) is 6.02. The molecule has 4 N–H and O–H groups in total. The van der Waals surface area contributed by atoms with Gasteiger partial charge in [0.15, 0.2) is 0 Å². The van der Waals surface area contributed by atoms with E-state index in [1.54, 1.807) is 6.07 Å². The van der Waals surface area contributed by atoms with Gasteiger partial charge in [-0.2, -0.15) is 13.7 Å². The van der Waals surface area contributed by atoms with Gasteiger partial charge in [-0.25, -0.2) is 0 Å². The Morgan fingerprint density at radius 2 is 2.00 bits per heavy atom. The summed E-state index contributed by atoms with van der Waals surface area (Å²) >= 11 is 0. The molecule has 1 rings (SSSR count). The van der Waals surface area contributed by atoms with Gasteiger partial charge in [-0.1, -0.05) is 0 Å². The van der Waals surface area contributed by atoms with Crippen LogP contribution in [-0.2, 0) is 19.7 Å². The van der Waals surface area contributed by atoms with Crippen molar-refractivity contribution in [2.45, 2.75) is 11.3 Å². The Bertz CT molecular complexity index is 765. The van der Waals surface area contributed by atoms with Crippen LogP contribution in [0.5, 0.6) is 0 Å². The highest BCUT2D eigenvalue weighted by atomic mass is 32.2. The molecule has 1 aromatic carbocycles.